The van der Waals surface area contributed by atoms with Crippen molar-refractivity contribution in [3.05, 3.63) is 35.4 Å². The molecule has 0 saturated heterocycles. The zero-order valence-corrected chi connectivity index (χ0v) is 9.37. The first-order valence-electron chi connectivity index (χ1n) is 5.22. The fraction of sp³-hybridized carbons (Fsp3) is 0.250. The van der Waals surface area contributed by atoms with Crippen molar-refractivity contribution in [2.75, 3.05) is 6.67 Å². The fourth-order valence-corrected chi connectivity index (χ4v) is 1.75. The maximum absolute atomic E-state index is 12.6. The Kier molecular flexibility index (Phi) is 3.21. The molecular weight excluding hydrogens is 268 g/mol. The summed E-state index contributed by atoms with van der Waals surface area (Å²) in [7, 11) is 0. The van der Waals surface area contributed by atoms with Crippen molar-refractivity contribution in [1.29, 1.82) is 0 Å². The molecule has 0 radical (unpaired) electrons. The minimum Gasteiger partial charge on any atom is -0.483 e. The van der Waals surface area contributed by atoms with Crippen molar-refractivity contribution >= 4 is 11.5 Å². The van der Waals surface area contributed by atoms with Gasteiger partial charge in [-0.2, -0.15) is 13.2 Å². The smallest absolute Gasteiger partial charge is 0.416 e. The molecule has 0 bridgehead atoms. The maximum atomic E-state index is 12.6. The lowest BCUT2D eigenvalue weighted by atomic mass is 9.98. The van der Waals surface area contributed by atoms with Gasteiger partial charge in [-0.15, -0.1) is 0 Å². The largest absolute Gasteiger partial charge is 0.483 e. The lowest BCUT2D eigenvalue weighted by Gasteiger charge is -2.23. The molecule has 7 heteroatoms. The number of carboxylic acid groups (broad SMARTS) is 1. The molecule has 19 heavy (non-hydrogen) atoms. The minimum absolute atomic E-state index is 0.0736. The highest BCUT2D eigenvalue weighted by Gasteiger charge is 2.33. The highest BCUT2D eigenvalue weighted by molar-refractivity contribution is 6.16. The van der Waals surface area contributed by atoms with Crippen LogP contribution in [-0.4, -0.2) is 23.9 Å². The summed E-state index contributed by atoms with van der Waals surface area (Å²) in [6.45, 7) is -0.961. The first-order valence-corrected chi connectivity index (χ1v) is 5.22. The third-order valence-electron chi connectivity index (χ3n) is 2.61. The van der Waals surface area contributed by atoms with E-state index in [9.17, 15) is 22.4 Å². The molecule has 102 valence electrons. The van der Waals surface area contributed by atoms with Crippen LogP contribution in [0.3, 0.4) is 0 Å². The SMILES string of the molecule is O=C(O)C1=CC(CF)Oc2ccc(C(F)(F)F)cc21. The monoisotopic (exact) mass is 276 g/mol. The maximum Gasteiger partial charge on any atom is 0.416 e. The van der Waals surface area contributed by atoms with Gasteiger partial charge >= 0.3 is 12.1 Å². The summed E-state index contributed by atoms with van der Waals surface area (Å²) < 4.78 is 55.3. The summed E-state index contributed by atoms with van der Waals surface area (Å²) in [6, 6.07) is 2.44. The van der Waals surface area contributed by atoms with Gasteiger partial charge < -0.3 is 9.84 Å². The Balaban J connectivity index is 2.54. The second-order valence-corrected chi connectivity index (χ2v) is 3.90. The van der Waals surface area contributed by atoms with Gasteiger partial charge in [0.05, 0.1) is 11.1 Å². The van der Waals surface area contributed by atoms with E-state index in [1.165, 1.54) is 0 Å². The second-order valence-electron chi connectivity index (χ2n) is 3.90. The molecule has 0 fully saturated rings. The summed E-state index contributed by atoms with van der Waals surface area (Å²) in [6.07, 6.45) is -4.73. The van der Waals surface area contributed by atoms with Gasteiger partial charge in [0.25, 0.3) is 0 Å². The first-order chi connectivity index (χ1) is 8.82. The molecule has 1 aromatic carbocycles. The summed E-state index contributed by atoms with van der Waals surface area (Å²) in [5.41, 5.74) is -1.58. The predicted octanol–water partition coefficient (Wildman–Crippen LogP) is 2.90. The van der Waals surface area contributed by atoms with Gasteiger partial charge in [0.2, 0.25) is 0 Å². The number of fused-ring (bicyclic) bond motifs is 1. The molecule has 1 unspecified atom stereocenters. The molecule has 1 N–H and O–H groups in total. The van der Waals surface area contributed by atoms with Crippen LogP contribution in [0.2, 0.25) is 0 Å². The van der Waals surface area contributed by atoms with Gasteiger partial charge in [0, 0.05) is 5.56 Å². The molecule has 3 nitrogen and oxygen atoms in total. The summed E-state index contributed by atoms with van der Waals surface area (Å²) >= 11 is 0. The quantitative estimate of drug-likeness (QED) is 0.845. The van der Waals surface area contributed by atoms with E-state index in [-0.39, 0.29) is 11.3 Å². The van der Waals surface area contributed by atoms with Gasteiger partial charge in [0.15, 0.2) is 0 Å². The first kappa shape index (κ1) is 13.4. The highest BCUT2D eigenvalue weighted by atomic mass is 19.4. The van der Waals surface area contributed by atoms with Crippen molar-refractivity contribution < 1.29 is 32.2 Å². The summed E-state index contributed by atoms with van der Waals surface area (Å²) in [5.74, 6) is -1.50. The number of alkyl halides is 4. The molecule has 1 heterocycles. The van der Waals surface area contributed by atoms with Crippen molar-refractivity contribution in [1.82, 2.24) is 0 Å². The van der Waals surface area contributed by atoms with E-state index >= 15 is 0 Å². The molecule has 0 spiro atoms. The molecule has 1 aliphatic heterocycles. The normalized spacial score (nSPS) is 18.3. The van der Waals surface area contributed by atoms with Crippen molar-refractivity contribution in [2.45, 2.75) is 12.3 Å². The highest BCUT2D eigenvalue weighted by Crippen LogP contribution is 2.37. The van der Waals surface area contributed by atoms with E-state index in [1.807, 2.05) is 0 Å². The van der Waals surface area contributed by atoms with Gasteiger partial charge in [-0.05, 0) is 24.3 Å². The molecule has 1 atom stereocenters. The number of halogens is 4. The average Bonchev–Trinajstić information content (AvgIpc) is 2.35. The third kappa shape index (κ3) is 2.54. The van der Waals surface area contributed by atoms with Gasteiger partial charge in [-0.1, -0.05) is 0 Å². The van der Waals surface area contributed by atoms with Crippen LogP contribution < -0.4 is 4.74 Å². The number of carbonyl (C=O) groups is 1. The van der Waals surface area contributed by atoms with Crippen LogP contribution in [0, 0.1) is 0 Å². The Hall–Kier alpha value is -2.05. The molecule has 0 aliphatic carbocycles. The third-order valence-corrected chi connectivity index (χ3v) is 2.61. The van der Waals surface area contributed by atoms with Crippen LogP contribution in [0.5, 0.6) is 5.75 Å². The van der Waals surface area contributed by atoms with E-state index in [1.54, 1.807) is 0 Å². The van der Waals surface area contributed by atoms with Crippen LogP contribution in [-0.2, 0) is 11.0 Å². The van der Waals surface area contributed by atoms with Crippen LogP contribution in [0.25, 0.3) is 5.57 Å². The zero-order valence-electron chi connectivity index (χ0n) is 9.37. The Morgan fingerprint density at radius 3 is 2.58 bits per heavy atom. The van der Waals surface area contributed by atoms with E-state index < -0.39 is 36.1 Å². The fourth-order valence-electron chi connectivity index (χ4n) is 1.75. The minimum atomic E-state index is -4.59. The second kappa shape index (κ2) is 4.56. The Labute approximate surface area is 105 Å². The molecule has 1 aromatic rings. The van der Waals surface area contributed by atoms with Gasteiger partial charge in [-0.3, -0.25) is 0 Å². The van der Waals surface area contributed by atoms with E-state index in [2.05, 4.69) is 0 Å². The van der Waals surface area contributed by atoms with E-state index in [0.29, 0.717) is 6.07 Å². The van der Waals surface area contributed by atoms with Crippen LogP contribution in [0.15, 0.2) is 24.3 Å². The van der Waals surface area contributed by atoms with Crippen LogP contribution >= 0.6 is 0 Å². The lowest BCUT2D eigenvalue weighted by molar-refractivity contribution is -0.137. The predicted molar refractivity (Wildman–Crippen MR) is 57.4 cm³/mol. The number of ether oxygens (including phenoxy) is 1. The Morgan fingerprint density at radius 1 is 1.37 bits per heavy atom. The molecule has 0 saturated carbocycles. The number of rotatable bonds is 2. The van der Waals surface area contributed by atoms with Crippen LogP contribution in [0.4, 0.5) is 17.6 Å². The van der Waals surface area contributed by atoms with Crippen molar-refractivity contribution in [2.24, 2.45) is 0 Å². The average molecular weight is 276 g/mol. The van der Waals surface area contributed by atoms with Crippen molar-refractivity contribution in [3.63, 3.8) is 0 Å². The van der Waals surface area contributed by atoms with Gasteiger partial charge in [0.1, 0.15) is 18.5 Å². The number of hydrogen-bond donors (Lipinski definition) is 1. The van der Waals surface area contributed by atoms with Crippen LogP contribution in [0.1, 0.15) is 11.1 Å². The summed E-state index contributed by atoms with van der Waals surface area (Å²) in [4.78, 5) is 11.0. The van der Waals surface area contributed by atoms with Gasteiger partial charge in [-0.25, -0.2) is 9.18 Å². The molecule has 2 rings (SSSR count). The molecular formula is C12H8F4O3. The topological polar surface area (TPSA) is 46.5 Å². The number of hydrogen-bond acceptors (Lipinski definition) is 2. The number of aliphatic carboxylic acids is 1. The zero-order chi connectivity index (χ0) is 14.2. The molecule has 0 aromatic heterocycles. The van der Waals surface area contributed by atoms with E-state index in [0.717, 1.165) is 18.2 Å². The Morgan fingerprint density at radius 2 is 2.05 bits per heavy atom. The standard InChI is InChI=1S/C12H8F4O3/c13-5-7-4-9(11(17)18)8-3-6(12(14,15)16)1-2-10(8)19-7/h1-4,7H,5H2,(H,17,18). The summed E-state index contributed by atoms with van der Waals surface area (Å²) in [5, 5.41) is 8.96. The van der Waals surface area contributed by atoms with E-state index in [4.69, 9.17) is 9.84 Å². The molecule has 1 aliphatic rings. The number of benzene rings is 1. The molecule has 0 amide bonds. The lowest BCUT2D eigenvalue weighted by Crippen LogP contribution is -2.23. The Bertz CT molecular complexity index is 548. The van der Waals surface area contributed by atoms with Crippen molar-refractivity contribution in [3.8, 4) is 5.75 Å². The number of carboxylic acids is 1.